The summed E-state index contributed by atoms with van der Waals surface area (Å²) >= 11 is 0. The number of rotatable bonds is 3. The van der Waals surface area contributed by atoms with Crippen LogP contribution >= 0.6 is 0 Å². The molecule has 3 nitrogen and oxygen atoms in total. The number of hydrogen-bond donors (Lipinski definition) is 0. The van der Waals surface area contributed by atoms with Gasteiger partial charge in [0, 0.05) is 20.1 Å². The zero-order valence-corrected chi connectivity index (χ0v) is 8.58. The molecular weight excluding hydrogens is 168 g/mol. The summed E-state index contributed by atoms with van der Waals surface area (Å²) in [5.74, 6) is 0.570. The molecule has 2 rings (SSSR count). The van der Waals surface area contributed by atoms with E-state index >= 15 is 0 Å². The lowest BCUT2D eigenvalue weighted by Crippen LogP contribution is -2.42. The summed E-state index contributed by atoms with van der Waals surface area (Å²) in [5, 5.41) is 0. The Labute approximate surface area is 79.4 Å². The average Bonchev–Trinajstić information content (AvgIpc) is 2.55. The number of ether oxygens (including phenoxy) is 3. The standard InChI is InChI=1S/C10H18O3/c1-7-8-4-5-10(13-7,6-11-2)9(8)12-3/h7-9H,4-6H2,1-3H3/t7-,8?,9-,10-/m0/s1. The molecule has 0 aromatic carbocycles. The highest BCUT2D eigenvalue weighted by molar-refractivity contribution is 5.07. The van der Waals surface area contributed by atoms with Crippen molar-refractivity contribution < 1.29 is 14.2 Å². The van der Waals surface area contributed by atoms with Crippen LogP contribution in [0.5, 0.6) is 0 Å². The summed E-state index contributed by atoms with van der Waals surface area (Å²) in [6, 6.07) is 0. The summed E-state index contributed by atoms with van der Waals surface area (Å²) in [6.07, 6.45) is 2.86. The molecular formula is C10H18O3. The Balaban J connectivity index is 2.17. The van der Waals surface area contributed by atoms with Crippen LogP contribution in [0.2, 0.25) is 0 Å². The van der Waals surface area contributed by atoms with E-state index < -0.39 is 0 Å². The molecule has 1 saturated carbocycles. The van der Waals surface area contributed by atoms with Crippen molar-refractivity contribution in [1.29, 1.82) is 0 Å². The average molecular weight is 186 g/mol. The topological polar surface area (TPSA) is 27.7 Å². The van der Waals surface area contributed by atoms with Crippen molar-refractivity contribution in [3.63, 3.8) is 0 Å². The molecule has 0 radical (unpaired) electrons. The van der Waals surface area contributed by atoms with Crippen LogP contribution in [0.4, 0.5) is 0 Å². The van der Waals surface area contributed by atoms with Gasteiger partial charge in [0.05, 0.1) is 18.8 Å². The van der Waals surface area contributed by atoms with Gasteiger partial charge in [0.15, 0.2) is 0 Å². The van der Waals surface area contributed by atoms with Gasteiger partial charge in [-0.2, -0.15) is 0 Å². The first-order chi connectivity index (χ1) is 6.23. The quantitative estimate of drug-likeness (QED) is 0.663. The Morgan fingerprint density at radius 3 is 2.77 bits per heavy atom. The van der Waals surface area contributed by atoms with Gasteiger partial charge in [-0.1, -0.05) is 0 Å². The third kappa shape index (κ3) is 1.22. The van der Waals surface area contributed by atoms with Gasteiger partial charge in [-0.05, 0) is 19.8 Å². The maximum Gasteiger partial charge on any atom is 0.118 e. The summed E-state index contributed by atoms with van der Waals surface area (Å²) in [5.41, 5.74) is -0.145. The molecule has 0 spiro atoms. The predicted octanol–water partition coefficient (Wildman–Crippen LogP) is 1.22. The molecule has 1 unspecified atom stereocenters. The van der Waals surface area contributed by atoms with E-state index in [0.717, 1.165) is 6.42 Å². The Kier molecular flexibility index (Phi) is 2.34. The first-order valence-electron chi connectivity index (χ1n) is 4.93. The van der Waals surface area contributed by atoms with Crippen LogP contribution in [0, 0.1) is 5.92 Å². The zero-order valence-electron chi connectivity index (χ0n) is 8.58. The lowest BCUT2D eigenvalue weighted by Gasteiger charge is -2.30. The SMILES string of the molecule is COC[C@]12CCC([C@H](C)O1)[C@@H]2OC. The van der Waals surface area contributed by atoms with Crippen molar-refractivity contribution >= 4 is 0 Å². The fourth-order valence-corrected chi connectivity index (χ4v) is 2.98. The minimum atomic E-state index is -0.145. The number of hydrogen-bond acceptors (Lipinski definition) is 3. The zero-order chi connectivity index (χ0) is 9.47. The molecule has 13 heavy (non-hydrogen) atoms. The highest BCUT2D eigenvalue weighted by Gasteiger charge is 2.58. The van der Waals surface area contributed by atoms with Gasteiger partial charge in [-0.25, -0.2) is 0 Å². The third-order valence-corrected chi connectivity index (χ3v) is 3.47. The van der Waals surface area contributed by atoms with Crippen LogP contribution in [-0.4, -0.2) is 38.6 Å². The molecule has 0 N–H and O–H groups in total. The van der Waals surface area contributed by atoms with Crippen molar-refractivity contribution in [2.45, 2.75) is 37.6 Å². The van der Waals surface area contributed by atoms with E-state index in [1.807, 2.05) is 0 Å². The third-order valence-electron chi connectivity index (χ3n) is 3.47. The molecule has 3 heteroatoms. The van der Waals surface area contributed by atoms with Crippen molar-refractivity contribution in [2.75, 3.05) is 20.8 Å². The molecule has 0 aromatic rings. The van der Waals surface area contributed by atoms with Crippen LogP contribution in [0.15, 0.2) is 0 Å². The van der Waals surface area contributed by atoms with E-state index in [1.54, 1.807) is 14.2 Å². The maximum absolute atomic E-state index is 5.94. The first-order valence-corrected chi connectivity index (χ1v) is 4.93. The normalized spacial score (nSPS) is 48.7. The molecule has 2 aliphatic rings. The molecule has 2 bridgehead atoms. The van der Waals surface area contributed by atoms with Crippen molar-refractivity contribution in [1.82, 2.24) is 0 Å². The second kappa shape index (κ2) is 3.23. The lowest BCUT2D eigenvalue weighted by atomic mass is 9.99. The van der Waals surface area contributed by atoms with Gasteiger partial charge in [0.25, 0.3) is 0 Å². The van der Waals surface area contributed by atoms with Gasteiger partial charge in [0.2, 0.25) is 0 Å². The molecule has 1 heterocycles. The van der Waals surface area contributed by atoms with Crippen molar-refractivity contribution in [3.05, 3.63) is 0 Å². The Morgan fingerprint density at radius 1 is 1.46 bits per heavy atom. The van der Waals surface area contributed by atoms with E-state index in [9.17, 15) is 0 Å². The smallest absolute Gasteiger partial charge is 0.118 e. The summed E-state index contributed by atoms with van der Waals surface area (Å²) < 4.78 is 16.7. The van der Waals surface area contributed by atoms with Gasteiger partial charge in [-0.3, -0.25) is 0 Å². The minimum Gasteiger partial charge on any atom is -0.382 e. The van der Waals surface area contributed by atoms with Gasteiger partial charge in [0.1, 0.15) is 5.60 Å². The Morgan fingerprint density at radius 2 is 2.23 bits per heavy atom. The lowest BCUT2D eigenvalue weighted by molar-refractivity contribution is -0.126. The van der Waals surface area contributed by atoms with Crippen molar-refractivity contribution in [3.8, 4) is 0 Å². The fraction of sp³-hybridized carbons (Fsp3) is 1.00. The molecule has 1 aliphatic heterocycles. The van der Waals surface area contributed by atoms with Crippen molar-refractivity contribution in [2.24, 2.45) is 5.92 Å². The highest BCUT2D eigenvalue weighted by Crippen LogP contribution is 2.49. The van der Waals surface area contributed by atoms with Crippen LogP contribution < -0.4 is 0 Å². The first kappa shape index (κ1) is 9.44. The minimum absolute atomic E-state index is 0.145. The second-order valence-corrected chi connectivity index (χ2v) is 4.18. The van der Waals surface area contributed by atoms with Gasteiger partial charge < -0.3 is 14.2 Å². The van der Waals surface area contributed by atoms with E-state index in [0.29, 0.717) is 18.6 Å². The van der Waals surface area contributed by atoms with Crippen LogP contribution in [0.3, 0.4) is 0 Å². The predicted molar refractivity (Wildman–Crippen MR) is 48.7 cm³/mol. The summed E-state index contributed by atoms with van der Waals surface area (Å²) in [4.78, 5) is 0. The van der Waals surface area contributed by atoms with E-state index in [4.69, 9.17) is 14.2 Å². The van der Waals surface area contributed by atoms with Crippen LogP contribution in [0.25, 0.3) is 0 Å². The monoisotopic (exact) mass is 186 g/mol. The van der Waals surface area contributed by atoms with Gasteiger partial charge >= 0.3 is 0 Å². The van der Waals surface area contributed by atoms with Crippen LogP contribution in [-0.2, 0) is 14.2 Å². The van der Waals surface area contributed by atoms with E-state index in [1.165, 1.54) is 6.42 Å². The highest BCUT2D eigenvalue weighted by atomic mass is 16.6. The molecule has 4 atom stereocenters. The number of fused-ring (bicyclic) bond motifs is 2. The molecule has 76 valence electrons. The summed E-state index contributed by atoms with van der Waals surface area (Å²) in [6.45, 7) is 2.79. The van der Waals surface area contributed by atoms with E-state index in [2.05, 4.69) is 6.92 Å². The van der Waals surface area contributed by atoms with Gasteiger partial charge in [-0.15, -0.1) is 0 Å². The molecule has 1 aliphatic carbocycles. The number of methoxy groups -OCH3 is 2. The molecule has 0 aromatic heterocycles. The van der Waals surface area contributed by atoms with Crippen LogP contribution in [0.1, 0.15) is 19.8 Å². The summed E-state index contributed by atoms with van der Waals surface area (Å²) in [7, 11) is 3.50. The molecule has 0 amide bonds. The Hall–Kier alpha value is -0.120. The second-order valence-electron chi connectivity index (χ2n) is 4.18. The molecule has 1 saturated heterocycles. The molecule has 2 fully saturated rings. The maximum atomic E-state index is 5.94. The fourth-order valence-electron chi connectivity index (χ4n) is 2.98. The Bertz CT molecular complexity index is 195. The largest absolute Gasteiger partial charge is 0.382 e. The van der Waals surface area contributed by atoms with E-state index in [-0.39, 0.29) is 11.7 Å².